The zero-order valence-corrected chi connectivity index (χ0v) is 15.2. The van der Waals surface area contributed by atoms with Crippen LogP contribution in [0.3, 0.4) is 0 Å². The zero-order chi connectivity index (χ0) is 17.2. The summed E-state index contributed by atoms with van der Waals surface area (Å²) < 4.78 is 6.86. The van der Waals surface area contributed by atoms with Gasteiger partial charge in [0, 0.05) is 11.0 Å². The summed E-state index contributed by atoms with van der Waals surface area (Å²) in [6.45, 7) is 3.35. The van der Waals surface area contributed by atoms with E-state index in [-0.39, 0.29) is 12.0 Å². The Kier molecular flexibility index (Phi) is 5.04. The quantitative estimate of drug-likeness (QED) is 0.877. The van der Waals surface area contributed by atoms with Gasteiger partial charge >= 0.3 is 0 Å². The molecule has 1 heterocycles. The van der Waals surface area contributed by atoms with Crippen LogP contribution in [-0.4, -0.2) is 30.5 Å². The minimum absolute atomic E-state index is 0.0722. The molecule has 1 fully saturated rings. The maximum atomic E-state index is 13.0. The Bertz CT molecular complexity index is 718. The van der Waals surface area contributed by atoms with E-state index in [4.69, 9.17) is 10.5 Å². The van der Waals surface area contributed by atoms with E-state index in [1.165, 1.54) is 0 Å². The summed E-state index contributed by atoms with van der Waals surface area (Å²) in [5, 5.41) is 0. The molecule has 0 aromatic heterocycles. The molecular weight excluding hydrogens is 368 g/mol. The van der Waals surface area contributed by atoms with Gasteiger partial charge in [-0.25, -0.2) is 0 Å². The van der Waals surface area contributed by atoms with Crippen LogP contribution in [0.2, 0.25) is 0 Å². The van der Waals surface area contributed by atoms with E-state index in [9.17, 15) is 4.79 Å². The van der Waals surface area contributed by atoms with Gasteiger partial charge in [-0.05, 0) is 30.2 Å². The van der Waals surface area contributed by atoms with E-state index < -0.39 is 5.54 Å². The van der Waals surface area contributed by atoms with E-state index in [0.29, 0.717) is 19.7 Å². The maximum absolute atomic E-state index is 13.0. The molecule has 5 heteroatoms. The number of morpholine rings is 1. The van der Waals surface area contributed by atoms with Crippen molar-refractivity contribution in [3.05, 3.63) is 70.2 Å². The lowest BCUT2D eigenvalue weighted by molar-refractivity contribution is -0.144. The highest BCUT2D eigenvalue weighted by Crippen LogP contribution is 2.27. The molecule has 0 radical (unpaired) electrons. The van der Waals surface area contributed by atoms with Crippen LogP contribution < -0.4 is 5.73 Å². The lowest BCUT2D eigenvalue weighted by atomic mass is 9.91. The van der Waals surface area contributed by atoms with Crippen LogP contribution in [0.25, 0.3) is 0 Å². The lowest BCUT2D eigenvalue weighted by Gasteiger charge is -2.37. The van der Waals surface area contributed by atoms with Gasteiger partial charge in [0.05, 0.1) is 13.2 Å². The second-order valence-electron chi connectivity index (χ2n) is 6.23. The zero-order valence-electron chi connectivity index (χ0n) is 13.6. The molecule has 0 bridgehead atoms. The molecular formula is C19H21BrN2O2. The molecule has 3 rings (SSSR count). The van der Waals surface area contributed by atoms with E-state index in [1.54, 1.807) is 6.92 Å². The first-order valence-electron chi connectivity index (χ1n) is 7.99. The number of nitrogens with zero attached hydrogens (tertiary/aromatic N) is 1. The molecule has 1 saturated heterocycles. The molecule has 1 aliphatic rings. The number of halogens is 1. The van der Waals surface area contributed by atoms with Crippen molar-refractivity contribution in [2.75, 3.05) is 19.7 Å². The monoisotopic (exact) mass is 388 g/mol. The predicted molar refractivity (Wildman–Crippen MR) is 97.4 cm³/mol. The van der Waals surface area contributed by atoms with Gasteiger partial charge in [0.2, 0.25) is 5.91 Å². The molecule has 0 aliphatic carbocycles. The van der Waals surface area contributed by atoms with E-state index in [2.05, 4.69) is 15.9 Å². The van der Waals surface area contributed by atoms with Crippen molar-refractivity contribution in [1.29, 1.82) is 0 Å². The number of carbonyl (C=O) groups is 1. The highest BCUT2D eigenvalue weighted by atomic mass is 79.9. The molecule has 2 atom stereocenters. The Labute approximate surface area is 150 Å². The fourth-order valence-electron chi connectivity index (χ4n) is 2.98. The van der Waals surface area contributed by atoms with E-state index in [0.717, 1.165) is 15.6 Å². The molecule has 2 aromatic rings. The SMILES string of the molecule is CC(N)(C(=O)N1CCOC(c2cccc(Br)c2)C1)c1ccccc1. The van der Waals surface area contributed by atoms with Gasteiger partial charge in [-0.2, -0.15) is 0 Å². The van der Waals surface area contributed by atoms with Crippen molar-refractivity contribution >= 4 is 21.8 Å². The van der Waals surface area contributed by atoms with Gasteiger partial charge in [-0.15, -0.1) is 0 Å². The van der Waals surface area contributed by atoms with Gasteiger partial charge in [0.1, 0.15) is 11.6 Å². The molecule has 126 valence electrons. The highest BCUT2D eigenvalue weighted by Gasteiger charge is 2.37. The summed E-state index contributed by atoms with van der Waals surface area (Å²) in [5.41, 5.74) is 7.22. The summed E-state index contributed by atoms with van der Waals surface area (Å²) in [5.74, 6) is -0.0722. The minimum atomic E-state index is -1.04. The third-order valence-electron chi connectivity index (χ3n) is 4.39. The molecule has 2 unspecified atom stereocenters. The number of rotatable bonds is 3. The highest BCUT2D eigenvalue weighted by molar-refractivity contribution is 9.10. The molecule has 2 N–H and O–H groups in total. The van der Waals surface area contributed by atoms with Gasteiger partial charge in [-0.3, -0.25) is 4.79 Å². The Balaban J connectivity index is 1.78. The van der Waals surface area contributed by atoms with Crippen LogP contribution in [-0.2, 0) is 15.1 Å². The van der Waals surface area contributed by atoms with E-state index >= 15 is 0 Å². The minimum Gasteiger partial charge on any atom is -0.370 e. The number of benzene rings is 2. The summed E-state index contributed by atoms with van der Waals surface area (Å²) in [6, 6.07) is 17.5. The number of carbonyl (C=O) groups excluding carboxylic acids is 1. The second-order valence-corrected chi connectivity index (χ2v) is 7.15. The number of nitrogens with two attached hydrogens (primary N) is 1. The van der Waals surface area contributed by atoms with Crippen molar-refractivity contribution < 1.29 is 9.53 Å². The molecule has 24 heavy (non-hydrogen) atoms. The summed E-state index contributed by atoms with van der Waals surface area (Å²) in [7, 11) is 0. The van der Waals surface area contributed by atoms with Crippen molar-refractivity contribution in [2.24, 2.45) is 5.73 Å². The number of hydrogen-bond donors (Lipinski definition) is 1. The third-order valence-corrected chi connectivity index (χ3v) is 4.89. The summed E-state index contributed by atoms with van der Waals surface area (Å²) in [4.78, 5) is 14.8. The summed E-state index contributed by atoms with van der Waals surface area (Å²) >= 11 is 3.48. The predicted octanol–water partition coefficient (Wildman–Crippen LogP) is 3.22. The van der Waals surface area contributed by atoms with Gasteiger partial charge in [0.25, 0.3) is 0 Å². The average molecular weight is 389 g/mol. The normalized spacial score (nSPS) is 20.5. The number of amides is 1. The largest absolute Gasteiger partial charge is 0.370 e. The molecule has 2 aromatic carbocycles. The van der Waals surface area contributed by atoms with Crippen molar-refractivity contribution in [1.82, 2.24) is 4.90 Å². The molecule has 1 amide bonds. The maximum Gasteiger partial charge on any atom is 0.247 e. The first kappa shape index (κ1) is 17.1. The number of hydrogen-bond acceptors (Lipinski definition) is 3. The molecule has 1 aliphatic heterocycles. The fourth-order valence-corrected chi connectivity index (χ4v) is 3.40. The molecule has 4 nitrogen and oxygen atoms in total. The fraction of sp³-hybridized carbons (Fsp3) is 0.316. The average Bonchev–Trinajstić information content (AvgIpc) is 2.62. The number of ether oxygens (including phenoxy) is 1. The van der Waals surface area contributed by atoms with Gasteiger partial charge < -0.3 is 15.4 Å². The van der Waals surface area contributed by atoms with E-state index in [1.807, 2.05) is 59.5 Å². The first-order valence-corrected chi connectivity index (χ1v) is 8.78. The smallest absolute Gasteiger partial charge is 0.247 e. The first-order chi connectivity index (χ1) is 11.5. The third kappa shape index (κ3) is 3.53. The Hall–Kier alpha value is -1.69. The molecule has 0 saturated carbocycles. The second kappa shape index (κ2) is 7.05. The van der Waals surface area contributed by atoms with Crippen LogP contribution in [0.1, 0.15) is 24.2 Å². The van der Waals surface area contributed by atoms with Crippen molar-refractivity contribution in [3.8, 4) is 0 Å². The molecule has 0 spiro atoms. The van der Waals surface area contributed by atoms with Crippen LogP contribution >= 0.6 is 15.9 Å². The van der Waals surface area contributed by atoms with Crippen LogP contribution in [0.5, 0.6) is 0 Å². The van der Waals surface area contributed by atoms with Gasteiger partial charge in [-0.1, -0.05) is 58.4 Å². The van der Waals surface area contributed by atoms with Crippen LogP contribution in [0.4, 0.5) is 0 Å². The van der Waals surface area contributed by atoms with Crippen LogP contribution in [0.15, 0.2) is 59.1 Å². The Morgan fingerprint density at radius 2 is 2.00 bits per heavy atom. The van der Waals surface area contributed by atoms with Crippen LogP contribution in [0, 0.1) is 0 Å². The van der Waals surface area contributed by atoms with Gasteiger partial charge in [0.15, 0.2) is 0 Å². The van der Waals surface area contributed by atoms with Crippen molar-refractivity contribution in [2.45, 2.75) is 18.6 Å². The lowest BCUT2D eigenvalue weighted by Crippen LogP contribution is -2.54. The topological polar surface area (TPSA) is 55.6 Å². The Morgan fingerprint density at radius 1 is 1.25 bits per heavy atom. The Morgan fingerprint density at radius 3 is 2.71 bits per heavy atom. The standard InChI is InChI=1S/C19H21BrN2O2/c1-19(21,15-7-3-2-4-8-15)18(23)22-10-11-24-17(13-22)14-6-5-9-16(20)12-14/h2-9,12,17H,10-11,13,21H2,1H3. The summed E-state index contributed by atoms with van der Waals surface area (Å²) in [6.07, 6.45) is -0.133. The van der Waals surface area contributed by atoms with Crippen molar-refractivity contribution in [3.63, 3.8) is 0 Å².